The third-order valence-corrected chi connectivity index (χ3v) is 3.18. The van der Waals surface area contributed by atoms with Crippen molar-refractivity contribution in [2.75, 3.05) is 40.0 Å². The predicted molar refractivity (Wildman–Crippen MR) is 75.9 cm³/mol. The van der Waals surface area contributed by atoms with Crippen molar-refractivity contribution in [1.29, 1.82) is 0 Å². The zero-order valence-electron chi connectivity index (χ0n) is 11.5. The summed E-state index contributed by atoms with van der Waals surface area (Å²) in [5, 5.41) is 9.87. The summed E-state index contributed by atoms with van der Waals surface area (Å²) in [6.45, 7) is 1.85. The molecule has 0 fully saturated rings. The molecule has 0 aliphatic heterocycles. The molecule has 5 heteroatoms. The Bertz CT molecular complexity index is 564. The normalized spacial score (nSPS) is 11.3. The fourth-order valence-electron chi connectivity index (χ4n) is 2.11. The van der Waals surface area contributed by atoms with Crippen LogP contribution in [0.25, 0.3) is 11.0 Å². The number of nitrogens with zero attached hydrogens (tertiary/aromatic N) is 1. The Morgan fingerprint density at radius 2 is 2.15 bits per heavy atom. The molecule has 0 unspecified atom stereocenters. The lowest BCUT2D eigenvalue weighted by molar-refractivity contribution is 0.0869. The lowest BCUT2D eigenvalue weighted by atomic mass is 10.1. The number of hydrogen-bond acceptors (Lipinski definition) is 5. The number of aliphatic hydroxyl groups excluding tert-OH is 1. The van der Waals surface area contributed by atoms with Gasteiger partial charge in [-0.25, -0.2) is 0 Å². The van der Waals surface area contributed by atoms with Crippen LogP contribution < -0.4 is 0 Å². The summed E-state index contributed by atoms with van der Waals surface area (Å²) in [6.07, 6.45) is 1.50. The minimum absolute atomic E-state index is 0.0143. The largest absolute Gasteiger partial charge is 0.464 e. The highest BCUT2D eigenvalue weighted by Gasteiger charge is 2.16. The Kier molecular flexibility index (Phi) is 5.29. The minimum atomic E-state index is -0.0143. The summed E-state index contributed by atoms with van der Waals surface area (Å²) >= 11 is 0. The van der Waals surface area contributed by atoms with Gasteiger partial charge in [-0.2, -0.15) is 0 Å². The zero-order chi connectivity index (χ0) is 14.4. The highest BCUT2D eigenvalue weighted by Crippen LogP contribution is 2.21. The Morgan fingerprint density at radius 1 is 1.35 bits per heavy atom. The van der Waals surface area contributed by atoms with Gasteiger partial charge in [0.05, 0.1) is 25.3 Å². The number of rotatable bonds is 8. The van der Waals surface area contributed by atoms with E-state index < -0.39 is 0 Å². The van der Waals surface area contributed by atoms with E-state index in [0.29, 0.717) is 30.8 Å². The van der Waals surface area contributed by atoms with E-state index in [4.69, 9.17) is 14.3 Å². The van der Waals surface area contributed by atoms with Crippen molar-refractivity contribution in [3.63, 3.8) is 0 Å². The first kappa shape index (κ1) is 14.7. The van der Waals surface area contributed by atoms with Gasteiger partial charge in [0.1, 0.15) is 11.8 Å². The van der Waals surface area contributed by atoms with Crippen LogP contribution in [0.3, 0.4) is 0 Å². The Hall–Kier alpha value is -1.69. The Balaban J connectivity index is 2.09. The van der Waals surface area contributed by atoms with Gasteiger partial charge in [-0.3, -0.25) is 9.69 Å². The number of ether oxygens (including phenoxy) is 1. The number of fused-ring (bicyclic) bond motifs is 1. The number of methoxy groups -OCH3 is 1. The molecule has 1 aromatic carbocycles. The van der Waals surface area contributed by atoms with E-state index >= 15 is 0 Å². The molecule has 108 valence electrons. The third kappa shape index (κ3) is 3.45. The maximum absolute atomic E-state index is 12.3. The molecule has 0 aliphatic rings. The predicted octanol–water partition coefficient (Wildman–Crippen LogP) is 1.56. The van der Waals surface area contributed by atoms with Crippen molar-refractivity contribution in [3.8, 4) is 0 Å². The van der Waals surface area contributed by atoms with Gasteiger partial charge in [0.25, 0.3) is 0 Å². The van der Waals surface area contributed by atoms with Crippen molar-refractivity contribution in [3.05, 3.63) is 36.1 Å². The van der Waals surface area contributed by atoms with Crippen LogP contribution in [0.4, 0.5) is 0 Å². The quantitative estimate of drug-likeness (QED) is 0.742. The molecule has 1 heterocycles. The van der Waals surface area contributed by atoms with Crippen LogP contribution in [0.15, 0.2) is 34.9 Å². The van der Waals surface area contributed by atoms with Crippen molar-refractivity contribution in [2.45, 2.75) is 0 Å². The number of Topliss-reactive ketones (excluding diaryl/α,β-unsaturated/α-hetero) is 1. The number of carbonyl (C=O) groups excluding carboxylic acids is 1. The number of aliphatic hydroxyl groups is 1. The molecule has 0 bridgehead atoms. The van der Waals surface area contributed by atoms with Crippen LogP contribution in [0.5, 0.6) is 0 Å². The number of para-hydroxylation sites is 1. The highest BCUT2D eigenvalue weighted by molar-refractivity contribution is 6.08. The van der Waals surface area contributed by atoms with Gasteiger partial charge in [0.15, 0.2) is 5.78 Å². The lowest BCUT2D eigenvalue weighted by Gasteiger charge is -2.19. The smallest absolute Gasteiger partial charge is 0.180 e. The van der Waals surface area contributed by atoms with Crippen molar-refractivity contribution >= 4 is 16.8 Å². The van der Waals surface area contributed by atoms with Crippen molar-refractivity contribution in [2.24, 2.45) is 0 Å². The van der Waals surface area contributed by atoms with Crippen LogP contribution in [0.2, 0.25) is 0 Å². The Morgan fingerprint density at radius 3 is 2.90 bits per heavy atom. The maximum Gasteiger partial charge on any atom is 0.180 e. The van der Waals surface area contributed by atoms with Crippen LogP contribution in [-0.4, -0.2) is 55.7 Å². The van der Waals surface area contributed by atoms with E-state index in [1.54, 1.807) is 7.11 Å². The molecule has 0 saturated carbocycles. The second-order valence-corrected chi connectivity index (χ2v) is 4.56. The van der Waals surface area contributed by atoms with Gasteiger partial charge >= 0.3 is 0 Å². The number of ketones is 1. The topological polar surface area (TPSA) is 62.9 Å². The van der Waals surface area contributed by atoms with Gasteiger partial charge in [0, 0.05) is 25.6 Å². The van der Waals surface area contributed by atoms with Crippen LogP contribution in [-0.2, 0) is 4.74 Å². The first-order valence-corrected chi connectivity index (χ1v) is 6.58. The van der Waals surface area contributed by atoms with E-state index in [2.05, 4.69) is 0 Å². The van der Waals surface area contributed by atoms with Crippen LogP contribution in [0.1, 0.15) is 10.4 Å². The number of furan rings is 1. The van der Waals surface area contributed by atoms with E-state index in [0.717, 1.165) is 5.39 Å². The maximum atomic E-state index is 12.3. The minimum Gasteiger partial charge on any atom is -0.464 e. The number of hydrogen-bond donors (Lipinski definition) is 1. The average molecular weight is 277 g/mol. The SMILES string of the molecule is COCCN(CCO)CC(=O)c1coc2ccccc12. The van der Waals surface area contributed by atoms with Crippen molar-refractivity contribution < 1.29 is 19.1 Å². The molecule has 5 nitrogen and oxygen atoms in total. The fraction of sp³-hybridized carbons (Fsp3) is 0.400. The van der Waals surface area contributed by atoms with Crippen LogP contribution in [0, 0.1) is 0 Å². The Labute approximate surface area is 117 Å². The molecule has 1 N–H and O–H groups in total. The standard InChI is InChI=1S/C15H19NO4/c1-19-9-7-16(6-8-17)10-14(18)13-11-20-15-5-3-2-4-12(13)15/h2-5,11,17H,6-10H2,1H3. The fourth-order valence-corrected chi connectivity index (χ4v) is 2.11. The van der Waals surface area contributed by atoms with Gasteiger partial charge in [-0.05, 0) is 6.07 Å². The molecule has 2 rings (SSSR count). The number of carbonyl (C=O) groups is 1. The average Bonchev–Trinajstić information content (AvgIpc) is 2.89. The third-order valence-electron chi connectivity index (χ3n) is 3.18. The summed E-state index contributed by atoms with van der Waals surface area (Å²) in [6, 6.07) is 7.46. The van der Waals surface area contributed by atoms with E-state index in [1.165, 1.54) is 6.26 Å². The summed E-state index contributed by atoms with van der Waals surface area (Å²) < 4.78 is 10.4. The first-order chi connectivity index (χ1) is 9.76. The van der Waals surface area contributed by atoms with E-state index in [9.17, 15) is 4.79 Å². The molecule has 0 amide bonds. The molecule has 0 atom stereocenters. The van der Waals surface area contributed by atoms with E-state index in [-0.39, 0.29) is 18.9 Å². The summed E-state index contributed by atoms with van der Waals surface area (Å²) in [4.78, 5) is 14.2. The second-order valence-electron chi connectivity index (χ2n) is 4.56. The molecular formula is C15H19NO4. The molecule has 1 aromatic heterocycles. The van der Waals surface area contributed by atoms with Gasteiger partial charge < -0.3 is 14.3 Å². The van der Waals surface area contributed by atoms with Gasteiger partial charge in [0.2, 0.25) is 0 Å². The molecule has 0 radical (unpaired) electrons. The molecule has 0 saturated heterocycles. The lowest BCUT2D eigenvalue weighted by Crippen LogP contribution is -2.35. The monoisotopic (exact) mass is 277 g/mol. The van der Waals surface area contributed by atoms with Gasteiger partial charge in [-0.15, -0.1) is 0 Å². The molecule has 0 spiro atoms. The highest BCUT2D eigenvalue weighted by atomic mass is 16.5. The molecule has 20 heavy (non-hydrogen) atoms. The molecular weight excluding hydrogens is 258 g/mol. The summed E-state index contributed by atoms with van der Waals surface area (Å²) in [5.41, 5.74) is 1.29. The second kappa shape index (κ2) is 7.19. The van der Waals surface area contributed by atoms with Gasteiger partial charge in [-0.1, -0.05) is 18.2 Å². The molecule has 0 aliphatic carbocycles. The summed E-state index contributed by atoms with van der Waals surface area (Å²) in [7, 11) is 1.61. The summed E-state index contributed by atoms with van der Waals surface area (Å²) in [5.74, 6) is -0.0143. The first-order valence-electron chi connectivity index (χ1n) is 6.58. The van der Waals surface area contributed by atoms with Crippen LogP contribution >= 0.6 is 0 Å². The van der Waals surface area contributed by atoms with Crippen molar-refractivity contribution in [1.82, 2.24) is 4.90 Å². The zero-order valence-corrected chi connectivity index (χ0v) is 11.5. The molecule has 2 aromatic rings. The number of benzene rings is 1. The van der Waals surface area contributed by atoms with E-state index in [1.807, 2.05) is 29.2 Å².